The molecule has 0 bridgehead atoms. The van der Waals surface area contributed by atoms with E-state index in [1.807, 2.05) is 12.1 Å². The van der Waals surface area contributed by atoms with Crippen LogP contribution in [0.2, 0.25) is 0 Å². The first-order valence-corrected chi connectivity index (χ1v) is 7.03. The van der Waals surface area contributed by atoms with Gasteiger partial charge in [-0.1, -0.05) is 24.3 Å². The average Bonchev–Trinajstić information content (AvgIpc) is 2.38. The molecule has 18 heavy (non-hydrogen) atoms. The number of piperidine rings is 1. The van der Waals surface area contributed by atoms with Crippen LogP contribution in [0.25, 0.3) is 0 Å². The molecule has 2 nitrogen and oxygen atoms in total. The molecule has 1 aromatic carbocycles. The van der Waals surface area contributed by atoms with Gasteiger partial charge in [-0.05, 0) is 44.7 Å². The van der Waals surface area contributed by atoms with Crippen LogP contribution in [-0.4, -0.2) is 29.8 Å². The minimum atomic E-state index is 0.273. The van der Waals surface area contributed by atoms with Crippen LogP contribution in [-0.2, 0) is 6.42 Å². The number of rotatable bonds is 1. The van der Waals surface area contributed by atoms with Crippen LogP contribution >= 0.6 is 0 Å². The third kappa shape index (κ3) is 1.89. The Bertz CT molecular complexity index is 466. The van der Waals surface area contributed by atoms with E-state index in [0.29, 0.717) is 17.7 Å². The average molecular weight is 243 g/mol. The van der Waals surface area contributed by atoms with Crippen LogP contribution in [0.15, 0.2) is 24.3 Å². The second kappa shape index (κ2) is 4.51. The largest absolute Gasteiger partial charge is 0.301 e. The molecule has 1 saturated heterocycles. The minimum absolute atomic E-state index is 0.273. The van der Waals surface area contributed by atoms with Gasteiger partial charge in [0.2, 0.25) is 0 Å². The summed E-state index contributed by atoms with van der Waals surface area (Å²) in [6.07, 6.45) is 2.12. The van der Waals surface area contributed by atoms with Gasteiger partial charge in [-0.25, -0.2) is 0 Å². The standard InChI is InChI=1S/C16H21NO/c1-11(2)17-8-7-15-13(10-17)9-12-5-3-4-6-14(12)16(15)18/h3-6,11,13,15H,7-10H2,1-2H3/t13-,15-/m0/s1. The van der Waals surface area contributed by atoms with Gasteiger partial charge in [-0.2, -0.15) is 0 Å². The van der Waals surface area contributed by atoms with Crippen LogP contribution in [0.3, 0.4) is 0 Å². The van der Waals surface area contributed by atoms with Crippen LogP contribution in [0.1, 0.15) is 36.2 Å². The minimum Gasteiger partial charge on any atom is -0.301 e. The van der Waals surface area contributed by atoms with Crippen LogP contribution in [0.5, 0.6) is 0 Å². The van der Waals surface area contributed by atoms with Crippen molar-refractivity contribution in [1.82, 2.24) is 4.90 Å². The quantitative estimate of drug-likeness (QED) is 0.756. The number of hydrogen-bond acceptors (Lipinski definition) is 2. The molecule has 3 rings (SSSR count). The number of benzene rings is 1. The summed E-state index contributed by atoms with van der Waals surface area (Å²) in [5.41, 5.74) is 2.24. The number of fused-ring (bicyclic) bond motifs is 2. The number of Topliss-reactive ketones (excluding diaryl/α,β-unsaturated/α-hetero) is 1. The van der Waals surface area contributed by atoms with Crippen molar-refractivity contribution in [3.05, 3.63) is 35.4 Å². The SMILES string of the molecule is CC(C)N1CC[C@@H]2C(=O)c3ccccc3C[C@H]2C1. The molecule has 1 heterocycles. The predicted octanol–water partition coefficient (Wildman–Crippen LogP) is 2.77. The first-order valence-electron chi connectivity index (χ1n) is 7.03. The van der Waals surface area contributed by atoms with Crippen molar-refractivity contribution < 1.29 is 4.79 Å². The Balaban J connectivity index is 1.88. The van der Waals surface area contributed by atoms with Crippen molar-refractivity contribution in [1.29, 1.82) is 0 Å². The molecule has 2 heteroatoms. The molecule has 2 aliphatic rings. The summed E-state index contributed by atoms with van der Waals surface area (Å²) in [4.78, 5) is 15.0. The van der Waals surface area contributed by atoms with Gasteiger partial charge in [0.05, 0.1) is 0 Å². The summed E-state index contributed by atoms with van der Waals surface area (Å²) in [6, 6.07) is 8.76. The molecular weight excluding hydrogens is 222 g/mol. The van der Waals surface area contributed by atoms with Gasteiger partial charge >= 0.3 is 0 Å². The highest BCUT2D eigenvalue weighted by atomic mass is 16.1. The van der Waals surface area contributed by atoms with Crippen LogP contribution in [0, 0.1) is 11.8 Å². The van der Waals surface area contributed by atoms with E-state index in [0.717, 1.165) is 31.5 Å². The summed E-state index contributed by atoms with van der Waals surface area (Å²) < 4.78 is 0. The highest BCUT2D eigenvalue weighted by molar-refractivity contribution is 6.00. The second-order valence-electron chi connectivity index (χ2n) is 5.97. The van der Waals surface area contributed by atoms with E-state index in [4.69, 9.17) is 0 Å². The maximum Gasteiger partial charge on any atom is 0.166 e. The summed E-state index contributed by atoms with van der Waals surface area (Å²) in [7, 11) is 0. The zero-order chi connectivity index (χ0) is 12.7. The lowest BCUT2D eigenvalue weighted by atomic mass is 9.71. The maximum atomic E-state index is 12.5. The van der Waals surface area contributed by atoms with Crippen molar-refractivity contribution in [3.63, 3.8) is 0 Å². The molecular formula is C16H21NO. The maximum absolute atomic E-state index is 12.5. The molecule has 0 radical (unpaired) electrons. The third-order valence-electron chi connectivity index (χ3n) is 4.60. The van der Waals surface area contributed by atoms with Crippen molar-refractivity contribution in [2.45, 2.75) is 32.7 Å². The lowest BCUT2D eigenvalue weighted by Crippen LogP contribution is -2.48. The summed E-state index contributed by atoms with van der Waals surface area (Å²) >= 11 is 0. The highest BCUT2D eigenvalue weighted by Crippen LogP contribution is 2.36. The summed E-state index contributed by atoms with van der Waals surface area (Å²) in [6.45, 7) is 6.66. The molecule has 0 unspecified atom stereocenters. The Morgan fingerprint density at radius 3 is 2.83 bits per heavy atom. The Morgan fingerprint density at radius 2 is 2.06 bits per heavy atom. The van der Waals surface area contributed by atoms with Gasteiger partial charge in [0.25, 0.3) is 0 Å². The molecule has 1 aliphatic heterocycles. The first kappa shape index (κ1) is 11.9. The molecule has 0 N–H and O–H groups in total. The third-order valence-corrected chi connectivity index (χ3v) is 4.60. The summed E-state index contributed by atoms with van der Waals surface area (Å²) in [5, 5.41) is 0. The second-order valence-corrected chi connectivity index (χ2v) is 5.97. The normalized spacial score (nSPS) is 28.1. The van der Waals surface area contributed by atoms with E-state index in [1.165, 1.54) is 5.56 Å². The van der Waals surface area contributed by atoms with Crippen LogP contribution in [0.4, 0.5) is 0 Å². The Labute approximate surface area is 109 Å². The lowest BCUT2D eigenvalue weighted by molar-refractivity contribution is 0.0605. The number of hydrogen-bond donors (Lipinski definition) is 0. The first-order chi connectivity index (χ1) is 8.66. The lowest BCUT2D eigenvalue weighted by Gasteiger charge is -2.42. The predicted molar refractivity (Wildman–Crippen MR) is 72.8 cm³/mol. The molecule has 1 aromatic rings. The van der Waals surface area contributed by atoms with Gasteiger partial charge in [-0.3, -0.25) is 4.79 Å². The van der Waals surface area contributed by atoms with Crippen molar-refractivity contribution >= 4 is 5.78 Å². The monoisotopic (exact) mass is 243 g/mol. The van der Waals surface area contributed by atoms with Gasteiger partial charge in [0, 0.05) is 24.1 Å². The molecule has 1 aliphatic carbocycles. The Kier molecular flexibility index (Phi) is 2.98. The molecule has 0 amide bonds. The number of carbonyl (C=O) groups excluding carboxylic acids is 1. The van der Waals surface area contributed by atoms with Gasteiger partial charge in [0.15, 0.2) is 5.78 Å². The Morgan fingerprint density at radius 1 is 1.28 bits per heavy atom. The smallest absolute Gasteiger partial charge is 0.166 e. The molecule has 96 valence electrons. The topological polar surface area (TPSA) is 20.3 Å². The van der Waals surface area contributed by atoms with E-state index in [2.05, 4.69) is 30.9 Å². The fourth-order valence-electron chi connectivity index (χ4n) is 3.50. The van der Waals surface area contributed by atoms with Crippen molar-refractivity contribution in [2.75, 3.05) is 13.1 Å². The van der Waals surface area contributed by atoms with E-state index >= 15 is 0 Å². The van der Waals surface area contributed by atoms with E-state index in [9.17, 15) is 4.79 Å². The van der Waals surface area contributed by atoms with Gasteiger partial charge in [-0.15, -0.1) is 0 Å². The van der Waals surface area contributed by atoms with Crippen LogP contribution < -0.4 is 0 Å². The highest BCUT2D eigenvalue weighted by Gasteiger charge is 2.39. The fraction of sp³-hybridized carbons (Fsp3) is 0.562. The Hall–Kier alpha value is -1.15. The number of ketones is 1. The van der Waals surface area contributed by atoms with E-state index < -0.39 is 0 Å². The molecule has 1 fully saturated rings. The zero-order valence-electron chi connectivity index (χ0n) is 11.2. The van der Waals surface area contributed by atoms with Gasteiger partial charge < -0.3 is 4.90 Å². The summed E-state index contributed by atoms with van der Waals surface area (Å²) in [5.74, 6) is 1.20. The zero-order valence-corrected chi connectivity index (χ0v) is 11.2. The number of carbonyl (C=O) groups is 1. The van der Waals surface area contributed by atoms with Crippen molar-refractivity contribution in [3.8, 4) is 0 Å². The van der Waals surface area contributed by atoms with Gasteiger partial charge in [0.1, 0.15) is 0 Å². The fourth-order valence-corrected chi connectivity index (χ4v) is 3.50. The molecule has 2 atom stereocenters. The number of nitrogens with zero attached hydrogens (tertiary/aromatic N) is 1. The van der Waals surface area contributed by atoms with E-state index in [-0.39, 0.29) is 5.92 Å². The number of likely N-dealkylation sites (tertiary alicyclic amines) is 1. The molecule has 0 aromatic heterocycles. The molecule has 0 saturated carbocycles. The van der Waals surface area contributed by atoms with E-state index in [1.54, 1.807) is 0 Å². The molecule has 0 spiro atoms. The van der Waals surface area contributed by atoms with Crippen molar-refractivity contribution in [2.24, 2.45) is 11.8 Å².